The third-order valence-electron chi connectivity index (χ3n) is 2.86. The summed E-state index contributed by atoms with van der Waals surface area (Å²) in [6.45, 7) is 2.17. The molecule has 0 amide bonds. The number of fused-ring (bicyclic) bond motifs is 1. The van der Waals surface area contributed by atoms with Crippen LogP contribution in [0.15, 0.2) is 23.6 Å². The minimum atomic E-state index is 0. The maximum Gasteiger partial charge on any atom is 0.175 e. The Bertz CT molecular complexity index is 530. The van der Waals surface area contributed by atoms with Crippen LogP contribution < -0.4 is 4.90 Å². The minimum absolute atomic E-state index is 0. The van der Waals surface area contributed by atoms with Crippen molar-refractivity contribution in [2.24, 2.45) is 0 Å². The minimum Gasteiger partial charge on any atom is -0.412 e. The summed E-state index contributed by atoms with van der Waals surface area (Å²) >= 11 is 3.67. The lowest BCUT2D eigenvalue weighted by Crippen LogP contribution is -2.33. The van der Waals surface area contributed by atoms with Crippen molar-refractivity contribution in [1.29, 1.82) is 0 Å². The molecule has 8 heteroatoms. The second-order valence-corrected chi connectivity index (χ2v) is 5.85. The van der Waals surface area contributed by atoms with E-state index >= 15 is 0 Å². The third-order valence-corrected chi connectivity index (χ3v) is 4.46. The zero-order valence-electron chi connectivity index (χ0n) is 10.6. The van der Waals surface area contributed by atoms with Crippen LogP contribution in [0.5, 0.6) is 0 Å². The van der Waals surface area contributed by atoms with Crippen molar-refractivity contribution in [2.75, 3.05) is 35.8 Å². The molecule has 0 unspecified atom stereocenters. The normalized spacial score (nSPS) is 14.9. The second-order valence-electron chi connectivity index (χ2n) is 3.86. The summed E-state index contributed by atoms with van der Waals surface area (Å²) in [5, 5.41) is 1.01. The van der Waals surface area contributed by atoms with Crippen molar-refractivity contribution in [1.82, 2.24) is 14.4 Å². The molecule has 0 aliphatic carbocycles. The molecule has 1 saturated heterocycles. The van der Waals surface area contributed by atoms with E-state index in [0.29, 0.717) is 0 Å². The molecule has 106 valence electrons. The Balaban J connectivity index is 0.000000902. The van der Waals surface area contributed by atoms with Crippen LogP contribution in [0.1, 0.15) is 0 Å². The smallest absolute Gasteiger partial charge is 0.175 e. The first kappa shape index (κ1) is 16.4. The molecular formula is C11H17ClN4OS2. The number of nitrogens with zero attached hydrogens (tertiary/aromatic N) is 4. The first-order valence-corrected chi connectivity index (χ1v) is 7.97. The predicted molar refractivity (Wildman–Crippen MR) is 85.2 cm³/mol. The molecule has 2 aromatic heterocycles. The maximum atomic E-state index is 4.72. The van der Waals surface area contributed by atoms with Gasteiger partial charge in [-0.3, -0.25) is 4.40 Å². The Kier molecular flexibility index (Phi) is 6.25. The van der Waals surface area contributed by atoms with Crippen LogP contribution in [-0.4, -0.2) is 50.7 Å². The standard InChI is InChI=1S/C11H14N4S2.ClH.H2O/c1-16-11-13-10(14-4-6-17-7-5-14)8-9-12-2-3-15(9)11;;/h2-3,8H,4-7H2,1H3;1H;1H2. The molecular weight excluding hydrogens is 304 g/mol. The number of hydrogen-bond donors (Lipinski definition) is 0. The number of anilines is 1. The second kappa shape index (κ2) is 7.23. The van der Waals surface area contributed by atoms with Crippen LogP contribution in [0.25, 0.3) is 5.65 Å². The first-order chi connectivity index (χ1) is 8.38. The van der Waals surface area contributed by atoms with Crippen molar-refractivity contribution in [3.8, 4) is 0 Å². The molecule has 3 heterocycles. The maximum absolute atomic E-state index is 4.72. The summed E-state index contributed by atoms with van der Waals surface area (Å²) in [4.78, 5) is 11.4. The van der Waals surface area contributed by atoms with Crippen LogP contribution in [0.4, 0.5) is 5.82 Å². The van der Waals surface area contributed by atoms with Crippen LogP contribution >= 0.6 is 35.9 Å². The fourth-order valence-corrected chi connectivity index (χ4v) is 3.42. The molecule has 2 N–H and O–H groups in total. The van der Waals surface area contributed by atoms with Crippen molar-refractivity contribution in [3.05, 3.63) is 18.5 Å². The summed E-state index contributed by atoms with van der Waals surface area (Å²) in [5.41, 5.74) is 0.984. The molecule has 2 aromatic rings. The number of hydrogen-bond acceptors (Lipinski definition) is 5. The van der Waals surface area contributed by atoms with Gasteiger partial charge in [-0.25, -0.2) is 9.97 Å². The van der Waals surface area contributed by atoms with Gasteiger partial charge in [0, 0.05) is 43.1 Å². The summed E-state index contributed by atoms with van der Waals surface area (Å²) in [5.74, 6) is 3.44. The molecule has 0 aromatic carbocycles. The van der Waals surface area contributed by atoms with Gasteiger partial charge in [0.2, 0.25) is 0 Å². The lowest BCUT2D eigenvalue weighted by molar-refractivity contribution is 0.804. The summed E-state index contributed by atoms with van der Waals surface area (Å²) in [6.07, 6.45) is 5.84. The molecule has 0 bridgehead atoms. The highest BCUT2D eigenvalue weighted by molar-refractivity contribution is 7.99. The predicted octanol–water partition coefficient (Wildman–Crippen LogP) is 1.60. The van der Waals surface area contributed by atoms with E-state index in [1.54, 1.807) is 11.8 Å². The number of thioether (sulfide) groups is 2. The van der Waals surface area contributed by atoms with E-state index < -0.39 is 0 Å². The van der Waals surface area contributed by atoms with Crippen molar-refractivity contribution < 1.29 is 5.48 Å². The van der Waals surface area contributed by atoms with Gasteiger partial charge in [0.1, 0.15) is 11.5 Å². The molecule has 5 nitrogen and oxygen atoms in total. The van der Waals surface area contributed by atoms with Gasteiger partial charge < -0.3 is 10.4 Å². The van der Waals surface area contributed by atoms with Crippen molar-refractivity contribution in [3.63, 3.8) is 0 Å². The van der Waals surface area contributed by atoms with Crippen LogP contribution in [0.2, 0.25) is 0 Å². The van der Waals surface area contributed by atoms with Gasteiger partial charge in [-0.2, -0.15) is 11.8 Å². The Hall–Kier alpha value is -0.630. The van der Waals surface area contributed by atoms with Gasteiger partial charge in [0.15, 0.2) is 5.16 Å². The lowest BCUT2D eigenvalue weighted by atomic mass is 10.4. The van der Waals surface area contributed by atoms with Gasteiger partial charge >= 0.3 is 0 Å². The number of rotatable bonds is 2. The highest BCUT2D eigenvalue weighted by Crippen LogP contribution is 2.22. The Labute approximate surface area is 126 Å². The zero-order valence-corrected chi connectivity index (χ0v) is 13.0. The van der Waals surface area contributed by atoms with E-state index in [4.69, 9.17) is 4.98 Å². The first-order valence-electron chi connectivity index (χ1n) is 5.59. The average molecular weight is 321 g/mol. The highest BCUT2D eigenvalue weighted by Gasteiger charge is 2.14. The van der Waals surface area contributed by atoms with E-state index in [1.165, 1.54) is 11.5 Å². The van der Waals surface area contributed by atoms with Gasteiger partial charge in [0.25, 0.3) is 0 Å². The molecule has 19 heavy (non-hydrogen) atoms. The van der Waals surface area contributed by atoms with Gasteiger partial charge in [0.05, 0.1) is 0 Å². The molecule has 0 spiro atoms. The summed E-state index contributed by atoms with van der Waals surface area (Å²) < 4.78 is 2.03. The Morgan fingerprint density at radius 1 is 1.32 bits per heavy atom. The molecule has 1 aliphatic rings. The van der Waals surface area contributed by atoms with E-state index in [0.717, 1.165) is 29.7 Å². The van der Waals surface area contributed by atoms with Crippen LogP contribution in [0, 0.1) is 0 Å². The summed E-state index contributed by atoms with van der Waals surface area (Å²) in [6, 6.07) is 2.08. The fraction of sp³-hybridized carbons (Fsp3) is 0.455. The van der Waals surface area contributed by atoms with E-state index in [1.807, 2.05) is 28.6 Å². The van der Waals surface area contributed by atoms with E-state index in [2.05, 4.69) is 22.2 Å². The van der Waals surface area contributed by atoms with E-state index in [9.17, 15) is 0 Å². The molecule has 0 atom stereocenters. The fourth-order valence-electron chi connectivity index (χ4n) is 1.98. The van der Waals surface area contributed by atoms with Crippen LogP contribution in [0.3, 0.4) is 0 Å². The van der Waals surface area contributed by atoms with Gasteiger partial charge in [-0.1, -0.05) is 11.8 Å². The molecule has 1 fully saturated rings. The van der Waals surface area contributed by atoms with Gasteiger partial charge in [-0.05, 0) is 6.26 Å². The van der Waals surface area contributed by atoms with E-state index in [-0.39, 0.29) is 17.9 Å². The average Bonchev–Trinajstić information content (AvgIpc) is 2.86. The topological polar surface area (TPSA) is 64.9 Å². The SMILES string of the molecule is CSc1nc(N2CCSCC2)cc2nccn12.Cl.O. The summed E-state index contributed by atoms with van der Waals surface area (Å²) in [7, 11) is 0. The largest absolute Gasteiger partial charge is 0.412 e. The molecule has 1 aliphatic heterocycles. The number of aromatic nitrogens is 3. The number of imidazole rings is 1. The highest BCUT2D eigenvalue weighted by atomic mass is 35.5. The van der Waals surface area contributed by atoms with Gasteiger partial charge in [-0.15, -0.1) is 12.4 Å². The third kappa shape index (κ3) is 3.28. The molecule has 3 rings (SSSR count). The molecule has 0 saturated carbocycles. The monoisotopic (exact) mass is 320 g/mol. The van der Waals surface area contributed by atoms with Crippen molar-refractivity contribution in [2.45, 2.75) is 5.16 Å². The quantitative estimate of drug-likeness (QED) is 0.621. The molecule has 0 radical (unpaired) electrons. The number of halogens is 1. The zero-order chi connectivity index (χ0) is 11.7. The van der Waals surface area contributed by atoms with Crippen molar-refractivity contribution >= 4 is 47.4 Å². The van der Waals surface area contributed by atoms with Crippen LogP contribution in [-0.2, 0) is 0 Å². The Morgan fingerprint density at radius 2 is 2.05 bits per heavy atom. The Morgan fingerprint density at radius 3 is 2.74 bits per heavy atom. The lowest BCUT2D eigenvalue weighted by Gasteiger charge is -2.27.